The molecular formula is C21H24N8S2. The molecule has 2 aliphatic rings. The maximum absolute atomic E-state index is 4.93. The lowest BCUT2D eigenvalue weighted by Gasteiger charge is -2.45. The summed E-state index contributed by atoms with van der Waals surface area (Å²) in [5, 5.41) is 5.78. The van der Waals surface area contributed by atoms with E-state index in [4.69, 9.17) is 9.97 Å². The quantitative estimate of drug-likeness (QED) is 0.503. The molecule has 8 nitrogen and oxygen atoms in total. The van der Waals surface area contributed by atoms with Crippen LogP contribution in [-0.4, -0.2) is 53.7 Å². The van der Waals surface area contributed by atoms with Crippen LogP contribution in [0.1, 0.15) is 39.5 Å². The first-order valence-electron chi connectivity index (χ1n) is 10.5. The second-order valence-electron chi connectivity index (χ2n) is 9.27. The fourth-order valence-corrected chi connectivity index (χ4v) is 7.14. The summed E-state index contributed by atoms with van der Waals surface area (Å²) in [6.07, 6.45) is 13.6. The number of thiazole rings is 2. The van der Waals surface area contributed by atoms with Crippen molar-refractivity contribution in [1.29, 1.82) is 0 Å². The molecule has 4 aromatic rings. The van der Waals surface area contributed by atoms with Crippen LogP contribution in [0.15, 0.2) is 31.1 Å². The molecule has 1 N–H and O–H groups in total. The van der Waals surface area contributed by atoms with Gasteiger partial charge < -0.3 is 10.2 Å². The molecule has 6 rings (SSSR count). The zero-order valence-electron chi connectivity index (χ0n) is 17.7. The predicted molar refractivity (Wildman–Crippen MR) is 124 cm³/mol. The van der Waals surface area contributed by atoms with Crippen molar-refractivity contribution in [3.05, 3.63) is 31.1 Å². The third-order valence-corrected chi connectivity index (χ3v) is 8.79. The average Bonchev–Trinajstić information content (AvgIpc) is 3.50. The summed E-state index contributed by atoms with van der Waals surface area (Å²) < 4.78 is 1.83. The van der Waals surface area contributed by atoms with Gasteiger partial charge in [0.1, 0.15) is 17.0 Å². The number of hydrogen-bond donors (Lipinski definition) is 1. The number of piperidine rings is 1. The Bertz CT molecular complexity index is 1180. The van der Waals surface area contributed by atoms with Crippen molar-refractivity contribution in [2.45, 2.75) is 56.7 Å². The summed E-state index contributed by atoms with van der Waals surface area (Å²) in [7, 11) is 2.19. The summed E-state index contributed by atoms with van der Waals surface area (Å²) in [5.74, 6) is 0.736. The monoisotopic (exact) mass is 452 g/mol. The maximum atomic E-state index is 4.93. The maximum Gasteiger partial charge on any atom is 0.188 e. The molecule has 10 heteroatoms. The van der Waals surface area contributed by atoms with Crippen LogP contribution in [0.25, 0.3) is 26.2 Å². The van der Waals surface area contributed by atoms with Gasteiger partial charge in [0.25, 0.3) is 0 Å². The summed E-state index contributed by atoms with van der Waals surface area (Å²) in [6, 6.07) is 0.500. The van der Waals surface area contributed by atoms with Gasteiger partial charge in [-0.25, -0.2) is 24.9 Å². The summed E-state index contributed by atoms with van der Waals surface area (Å²) in [6.45, 7) is 4.73. The molecule has 2 bridgehead atoms. The largest absolute Gasteiger partial charge is 0.348 e. The lowest BCUT2D eigenvalue weighted by atomic mass is 9.84. The minimum absolute atomic E-state index is 0.244. The van der Waals surface area contributed by atoms with Crippen LogP contribution < -0.4 is 10.2 Å². The number of aromatic nitrogens is 6. The summed E-state index contributed by atoms with van der Waals surface area (Å²) in [4.78, 5) is 27.1. The molecule has 0 saturated carbocycles. The van der Waals surface area contributed by atoms with Crippen LogP contribution in [0, 0.1) is 0 Å². The van der Waals surface area contributed by atoms with Crippen molar-refractivity contribution in [2.75, 3.05) is 11.9 Å². The highest BCUT2D eigenvalue weighted by Gasteiger charge is 2.49. The number of anilines is 1. The van der Waals surface area contributed by atoms with Crippen LogP contribution >= 0.6 is 22.7 Å². The first kappa shape index (κ1) is 19.3. The highest BCUT2D eigenvalue weighted by Crippen LogP contribution is 2.45. The molecule has 1 unspecified atom stereocenters. The first-order valence-corrected chi connectivity index (χ1v) is 12.1. The predicted octanol–water partition coefficient (Wildman–Crippen LogP) is 3.89. The highest BCUT2D eigenvalue weighted by molar-refractivity contribution is 7.29. The topological polar surface area (TPSA) is 84.7 Å². The van der Waals surface area contributed by atoms with E-state index in [1.807, 2.05) is 10.8 Å². The van der Waals surface area contributed by atoms with E-state index in [0.29, 0.717) is 6.04 Å². The molecule has 31 heavy (non-hydrogen) atoms. The van der Waals surface area contributed by atoms with Gasteiger partial charge >= 0.3 is 0 Å². The molecular weight excluding hydrogens is 428 g/mol. The number of imidazole rings is 1. The minimum atomic E-state index is 0.244. The molecule has 0 spiro atoms. The zero-order valence-corrected chi connectivity index (χ0v) is 19.4. The molecule has 3 atom stereocenters. The molecule has 0 aliphatic carbocycles. The number of nitrogens with zero attached hydrogens (tertiary/aromatic N) is 7. The Hall–Kier alpha value is -2.43. The summed E-state index contributed by atoms with van der Waals surface area (Å²) in [5.41, 5.74) is 1.26. The Balaban J connectivity index is 1.23. The molecule has 0 radical (unpaired) electrons. The Morgan fingerprint density at radius 2 is 1.84 bits per heavy atom. The van der Waals surface area contributed by atoms with Gasteiger partial charge in [-0.3, -0.25) is 4.57 Å². The van der Waals surface area contributed by atoms with Gasteiger partial charge in [-0.05, 0) is 39.5 Å². The van der Waals surface area contributed by atoms with Gasteiger partial charge in [0.05, 0.1) is 12.4 Å². The van der Waals surface area contributed by atoms with E-state index in [-0.39, 0.29) is 11.1 Å². The molecule has 0 amide bonds. The molecule has 6 heterocycles. The first-order chi connectivity index (χ1) is 14.9. The minimum Gasteiger partial charge on any atom is -0.348 e. The SMILES string of the molecule is CN(c1nc2sc(-c3cnc(-n4ccnc4)cn3)nc2s1)C1C[C@]2(C)CC[C@](C)(C1)N2. The van der Waals surface area contributed by atoms with Gasteiger partial charge in [-0.15, -0.1) is 0 Å². The van der Waals surface area contributed by atoms with E-state index in [1.165, 1.54) is 12.8 Å². The highest BCUT2D eigenvalue weighted by atomic mass is 32.1. The molecule has 0 aromatic carbocycles. The lowest BCUT2D eigenvalue weighted by molar-refractivity contribution is 0.208. The molecule has 2 aliphatic heterocycles. The van der Waals surface area contributed by atoms with Gasteiger partial charge in [-0.1, -0.05) is 22.7 Å². The lowest BCUT2D eigenvalue weighted by Crippen LogP contribution is -2.58. The average molecular weight is 453 g/mol. The number of rotatable bonds is 4. The number of fused-ring (bicyclic) bond motifs is 3. The van der Waals surface area contributed by atoms with E-state index in [2.05, 4.69) is 46.1 Å². The van der Waals surface area contributed by atoms with E-state index >= 15 is 0 Å². The van der Waals surface area contributed by atoms with Crippen molar-refractivity contribution in [2.24, 2.45) is 0 Å². The molecule has 160 valence electrons. The Kier molecular flexibility index (Phi) is 4.22. The zero-order chi connectivity index (χ0) is 21.2. The van der Waals surface area contributed by atoms with Crippen molar-refractivity contribution in [1.82, 2.24) is 34.8 Å². The Labute approximate surface area is 188 Å². The van der Waals surface area contributed by atoms with E-state index in [9.17, 15) is 0 Å². The van der Waals surface area contributed by atoms with Crippen molar-refractivity contribution in [3.63, 3.8) is 0 Å². The summed E-state index contributed by atoms with van der Waals surface area (Å²) >= 11 is 3.25. The fourth-order valence-electron chi connectivity index (χ4n) is 5.11. The van der Waals surface area contributed by atoms with Crippen LogP contribution in [0.4, 0.5) is 5.13 Å². The van der Waals surface area contributed by atoms with E-state index < -0.39 is 0 Å². The molecule has 4 aromatic heterocycles. The molecule has 2 fully saturated rings. The fraction of sp³-hybridized carbons (Fsp3) is 0.476. The standard InChI is InChI=1S/C21H24N8S2/c1-20-4-5-21(2,27-20)9-13(8-20)28(3)19-26-18-17(31-19)25-16(30-18)14-10-24-15(11-23-14)29-7-6-22-12-29/h6-7,10-13,27H,4-5,8-9H2,1-3H3/t13?,20-,21+. The van der Waals surface area contributed by atoms with Crippen molar-refractivity contribution < 1.29 is 0 Å². The number of nitrogens with one attached hydrogen (secondary N) is 1. The Morgan fingerprint density at radius 3 is 2.48 bits per heavy atom. The number of hydrogen-bond acceptors (Lipinski definition) is 9. The van der Waals surface area contributed by atoms with Gasteiger partial charge in [-0.2, -0.15) is 0 Å². The van der Waals surface area contributed by atoms with E-state index in [1.54, 1.807) is 47.6 Å². The van der Waals surface area contributed by atoms with E-state index in [0.717, 1.165) is 44.2 Å². The van der Waals surface area contributed by atoms with Crippen LogP contribution in [0.3, 0.4) is 0 Å². The van der Waals surface area contributed by atoms with Crippen LogP contribution in [-0.2, 0) is 0 Å². The second kappa shape index (κ2) is 6.78. The third kappa shape index (κ3) is 3.33. The third-order valence-electron chi connectivity index (χ3n) is 6.64. The van der Waals surface area contributed by atoms with Crippen molar-refractivity contribution in [3.8, 4) is 16.5 Å². The van der Waals surface area contributed by atoms with Crippen LogP contribution in [0.5, 0.6) is 0 Å². The normalized spacial score (nSPS) is 27.8. The van der Waals surface area contributed by atoms with Gasteiger partial charge in [0, 0.05) is 36.6 Å². The second-order valence-corrected chi connectivity index (χ2v) is 11.2. The molecule has 2 saturated heterocycles. The Morgan fingerprint density at radius 1 is 1.06 bits per heavy atom. The van der Waals surface area contributed by atoms with Crippen LogP contribution in [0.2, 0.25) is 0 Å². The smallest absolute Gasteiger partial charge is 0.188 e. The van der Waals surface area contributed by atoms with Gasteiger partial charge in [0.2, 0.25) is 0 Å². The van der Waals surface area contributed by atoms with Gasteiger partial charge in [0.15, 0.2) is 20.6 Å². The van der Waals surface area contributed by atoms with Crippen molar-refractivity contribution >= 4 is 37.5 Å².